The van der Waals surface area contributed by atoms with Crippen LogP contribution in [-0.2, 0) is 4.79 Å². The van der Waals surface area contributed by atoms with Gasteiger partial charge in [-0.25, -0.2) is 0 Å². The first-order chi connectivity index (χ1) is 11.2. The summed E-state index contributed by atoms with van der Waals surface area (Å²) in [7, 11) is 0. The van der Waals surface area contributed by atoms with Gasteiger partial charge in [0.1, 0.15) is 0 Å². The van der Waals surface area contributed by atoms with E-state index in [-0.39, 0.29) is 11.8 Å². The standard InChI is InChI=1S/C16H19N5O2/c22-14-11-21(8-6-17-14)9-7-18-16(23)13-10-19-20-15(13)12-4-2-1-3-5-12/h1-5,10H,6-9,11H2,(H,17,22)(H,18,23)(H,19,20). The number of nitrogens with one attached hydrogen (secondary N) is 3. The maximum atomic E-state index is 12.3. The van der Waals surface area contributed by atoms with Gasteiger partial charge in [-0.3, -0.25) is 19.6 Å². The molecule has 0 radical (unpaired) electrons. The Balaban J connectivity index is 1.57. The Hall–Kier alpha value is -2.67. The zero-order chi connectivity index (χ0) is 16.1. The van der Waals surface area contributed by atoms with Crippen molar-refractivity contribution < 1.29 is 9.59 Å². The number of amides is 2. The van der Waals surface area contributed by atoms with Crippen LogP contribution in [0.4, 0.5) is 0 Å². The highest BCUT2D eigenvalue weighted by Gasteiger charge is 2.17. The third-order valence-electron chi connectivity index (χ3n) is 3.78. The van der Waals surface area contributed by atoms with E-state index in [1.807, 2.05) is 35.2 Å². The summed E-state index contributed by atoms with van der Waals surface area (Å²) in [4.78, 5) is 25.7. The Morgan fingerprint density at radius 3 is 2.91 bits per heavy atom. The zero-order valence-electron chi connectivity index (χ0n) is 12.7. The summed E-state index contributed by atoms with van der Waals surface area (Å²) in [6.07, 6.45) is 1.53. The molecule has 0 atom stereocenters. The average molecular weight is 313 g/mol. The van der Waals surface area contributed by atoms with Gasteiger partial charge in [0.05, 0.1) is 24.0 Å². The molecule has 1 aliphatic rings. The highest BCUT2D eigenvalue weighted by Crippen LogP contribution is 2.20. The van der Waals surface area contributed by atoms with E-state index < -0.39 is 0 Å². The SMILES string of the molecule is O=C1CN(CCNC(=O)c2cn[nH]c2-c2ccccc2)CCN1. The van der Waals surface area contributed by atoms with Crippen molar-refractivity contribution in [2.75, 3.05) is 32.7 Å². The van der Waals surface area contributed by atoms with Crippen LogP contribution >= 0.6 is 0 Å². The maximum absolute atomic E-state index is 12.3. The first-order valence-electron chi connectivity index (χ1n) is 7.60. The molecule has 0 bridgehead atoms. The predicted molar refractivity (Wildman–Crippen MR) is 85.8 cm³/mol. The van der Waals surface area contributed by atoms with Gasteiger partial charge in [0.2, 0.25) is 5.91 Å². The van der Waals surface area contributed by atoms with Crippen molar-refractivity contribution in [2.45, 2.75) is 0 Å². The van der Waals surface area contributed by atoms with Crippen molar-refractivity contribution >= 4 is 11.8 Å². The van der Waals surface area contributed by atoms with Crippen LogP contribution in [-0.4, -0.2) is 59.6 Å². The molecule has 1 saturated heterocycles. The lowest BCUT2D eigenvalue weighted by molar-refractivity contribution is -0.124. The smallest absolute Gasteiger partial charge is 0.255 e. The number of H-pyrrole nitrogens is 1. The highest BCUT2D eigenvalue weighted by molar-refractivity contribution is 5.99. The number of piperazine rings is 1. The number of hydrogen-bond acceptors (Lipinski definition) is 4. The fourth-order valence-corrected chi connectivity index (χ4v) is 2.59. The molecule has 0 unspecified atom stereocenters. The second-order valence-electron chi connectivity index (χ2n) is 5.41. The van der Waals surface area contributed by atoms with E-state index >= 15 is 0 Å². The van der Waals surface area contributed by atoms with Crippen molar-refractivity contribution in [2.24, 2.45) is 0 Å². The third kappa shape index (κ3) is 3.75. The van der Waals surface area contributed by atoms with Crippen LogP contribution in [0.1, 0.15) is 10.4 Å². The van der Waals surface area contributed by atoms with Crippen LogP contribution in [0.15, 0.2) is 36.5 Å². The minimum Gasteiger partial charge on any atom is -0.354 e. The number of aromatic amines is 1. The van der Waals surface area contributed by atoms with Gasteiger partial charge in [-0.2, -0.15) is 5.10 Å². The second kappa shape index (κ2) is 7.06. The van der Waals surface area contributed by atoms with E-state index in [2.05, 4.69) is 20.8 Å². The van der Waals surface area contributed by atoms with Crippen molar-refractivity contribution in [3.05, 3.63) is 42.1 Å². The molecule has 2 aromatic rings. The van der Waals surface area contributed by atoms with E-state index in [4.69, 9.17) is 0 Å². The number of carbonyl (C=O) groups is 2. The first-order valence-corrected chi connectivity index (χ1v) is 7.60. The molecule has 2 amide bonds. The Bertz CT molecular complexity index is 683. The van der Waals surface area contributed by atoms with Crippen LogP contribution in [0.5, 0.6) is 0 Å². The van der Waals surface area contributed by atoms with Gasteiger partial charge in [-0.1, -0.05) is 30.3 Å². The molecule has 1 aromatic heterocycles. The van der Waals surface area contributed by atoms with Crippen LogP contribution in [0, 0.1) is 0 Å². The van der Waals surface area contributed by atoms with Gasteiger partial charge in [-0.05, 0) is 0 Å². The molecule has 120 valence electrons. The van der Waals surface area contributed by atoms with E-state index in [0.29, 0.717) is 37.4 Å². The van der Waals surface area contributed by atoms with Crippen LogP contribution < -0.4 is 10.6 Å². The molecule has 3 N–H and O–H groups in total. The van der Waals surface area contributed by atoms with Gasteiger partial charge in [-0.15, -0.1) is 0 Å². The van der Waals surface area contributed by atoms with E-state index in [1.165, 1.54) is 6.20 Å². The molecular formula is C16H19N5O2. The van der Waals surface area contributed by atoms with Crippen molar-refractivity contribution in [3.8, 4) is 11.3 Å². The minimum atomic E-state index is -0.168. The molecule has 0 spiro atoms. The molecule has 1 aliphatic heterocycles. The topological polar surface area (TPSA) is 90.1 Å². The van der Waals surface area contributed by atoms with E-state index in [9.17, 15) is 9.59 Å². The summed E-state index contributed by atoms with van der Waals surface area (Å²) in [5.41, 5.74) is 2.15. The predicted octanol–water partition coefficient (Wildman–Crippen LogP) is 0.238. The van der Waals surface area contributed by atoms with Crippen LogP contribution in [0.25, 0.3) is 11.3 Å². The molecule has 1 aromatic carbocycles. The van der Waals surface area contributed by atoms with Gasteiger partial charge in [0, 0.05) is 31.7 Å². The summed E-state index contributed by atoms with van der Waals surface area (Å²) in [5, 5.41) is 12.5. The lowest BCUT2D eigenvalue weighted by Crippen LogP contribution is -2.49. The first kappa shape index (κ1) is 15.2. The molecule has 0 aliphatic carbocycles. The van der Waals surface area contributed by atoms with Gasteiger partial charge < -0.3 is 10.6 Å². The maximum Gasteiger partial charge on any atom is 0.255 e. The fraction of sp³-hybridized carbons (Fsp3) is 0.312. The Labute approximate surface area is 134 Å². The number of rotatable bonds is 5. The average Bonchev–Trinajstić information content (AvgIpc) is 3.05. The summed E-state index contributed by atoms with van der Waals surface area (Å²) in [6, 6.07) is 9.61. The summed E-state index contributed by atoms with van der Waals surface area (Å²) < 4.78 is 0. The summed E-state index contributed by atoms with van der Waals surface area (Å²) in [5.74, 6) is -0.136. The van der Waals surface area contributed by atoms with Crippen LogP contribution in [0.2, 0.25) is 0 Å². The van der Waals surface area contributed by atoms with Gasteiger partial charge in [0.25, 0.3) is 5.91 Å². The lowest BCUT2D eigenvalue weighted by Gasteiger charge is -2.26. The van der Waals surface area contributed by atoms with E-state index in [0.717, 1.165) is 12.1 Å². The van der Waals surface area contributed by atoms with Crippen molar-refractivity contribution in [1.82, 2.24) is 25.7 Å². The molecule has 1 fully saturated rings. The molecule has 2 heterocycles. The summed E-state index contributed by atoms with van der Waals surface area (Å²) in [6.45, 7) is 3.00. The molecule has 7 heteroatoms. The van der Waals surface area contributed by atoms with Gasteiger partial charge in [0.15, 0.2) is 0 Å². The normalized spacial score (nSPS) is 15.2. The van der Waals surface area contributed by atoms with E-state index in [1.54, 1.807) is 0 Å². The quantitative estimate of drug-likeness (QED) is 0.737. The monoisotopic (exact) mass is 313 g/mol. The molecule has 0 saturated carbocycles. The van der Waals surface area contributed by atoms with Crippen molar-refractivity contribution in [1.29, 1.82) is 0 Å². The number of benzene rings is 1. The molecule has 23 heavy (non-hydrogen) atoms. The Morgan fingerprint density at radius 2 is 2.13 bits per heavy atom. The number of nitrogens with zero attached hydrogens (tertiary/aromatic N) is 2. The van der Waals surface area contributed by atoms with Crippen LogP contribution in [0.3, 0.4) is 0 Å². The summed E-state index contributed by atoms with van der Waals surface area (Å²) >= 11 is 0. The number of carbonyl (C=O) groups excluding carboxylic acids is 2. The number of hydrogen-bond donors (Lipinski definition) is 3. The van der Waals surface area contributed by atoms with Crippen molar-refractivity contribution in [3.63, 3.8) is 0 Å². The van der Waals surface area contributed by atoms with Gasteiger partial charge >= 0.3 is 0 Å². The zero-order valence-corrected chi connectivity index (χ0v) is 12.7. The second-order valence-corrected chi connectivity index (χ2v) is 5.41. The highest BCUT2D eigenvalue weighted by atomic mass is 16.2. The molecular weight excluding hydrogens is 294 g/mol. The Kier molecular flexibility index (Phi) is 4.68. The molecule has 3 rings (SSSR count). The lowest BCUT2D eigenvalue weighted by atomic mass is 10.1. The fourth-order valence-electron chi connectivity index (χ4n) is 2.59. The third-order valence-corrected chi connectivity index (χ3v) is 3.78. The molecule has 7 nitrogen and oxygen atoms in total. The largest absolute Gasteiger partial charge is 0.354 e. The minimum absolute atomic E-state index is 0.0313. The number of aromatic nitrogens is 2. The Morgan fingerprint density at radius 1 is 1.30 bits per heavy atom.